The zero-order valence-corrected chi connectivity index (χ0v) is 18.0. The Bertz CT molecular complexity index is 1070. The predicted molar refractivity (Wildman–Crippen MR) is 119 cm³/mol. The minimum absolute atomic E-state index is 0.0279. The van der Waals surface area contributed by atoms with Gasteiger partial charge in [0, 0.05) is 16.9 Å². The molecule has 5 heteroatoms. The van der Waals surface area contributed by atoms with Crippen molar-refractivity contribution in [3.63, 3.8) is 0 Å². The van der Waals surface area contributed by atoms with E-state index in [1.807, 2.05) is 36.4 Å². The van der Waals surface area contributed by atoms with Crippen LogP contribution in [-0.2, 0) is 11.2 Å². The number of halogens is 1. The number of aliphatic hydroxyl groups is 1. The monoisotopic (exact) mass is 463 g/mol. The number of ether oxygens (including phenoxy) is 1. The second-order valence-electron chi connectivity index (χ2n) is 7.79. The molecule has 152 valence electrons. The van der Waals surface area contributed by atoms with E-state index in [4.69, 9.17) is 4.74 Å². The van der Waals surface area contributed by atoms with E-state index in [0.717, 1.165) is 16.5 Å². The molecule has 1 atom stereocenters. The Hall–Kier alpha value is -2.63. The number of hydrogen-bond acceptors (Lipinski definition) is 3. The van der Waals surface area contributed by atoms with Crippen molar-refractivity contribution in [2.75, 3.05) is 19.8 Å². The Kier molecular flexibility index (Phi) is 5.09. The van der Waals surface area contributed by atoms with Crippen LogP contribution in [0.25, 0.3) is 11.1 Å². The SMILES string of the molecule is O=C(OCC1c2ccccc2-c2ccccc21)N1CCc2ccc(Br)cc2C1CO. The second kappa shape index (κ2) is 7.89. The summed E-state index contributed by atoms with van der Waals surface area (Å²) in [7, 11) is 0. The molecular formula is C25H22BrNO3. The summed E-state index contributed by atoms with van der Waals surface area (Å²) in [5.74, 6) is 0.0279. The zero-order valence-electron chi connectivity index (χ0n) is 16.4. The number of benzene rings is 3. The van der Waals surface area contributed by atoms with E-state index < -0.39 is 0 Å². The maximum absolute atomic E-state index is 13.0. The number of fused-ring (bicyclic) bond motifs is 4. The van der Waals surface area contributed by atoms with Gasteiger partial charge >= 0.3 is 6.09 Å². The lowest BCUT2D eigenvalue weighted by Gasteiger charge is -2.36. The number of amides is 1. The first-order chi connectivity index (χ1) is 14.7. The van der Waals surface area contributed by atoms with Crippen molar-refractivity contribution >= 4 is 22.0 Å². The van der Waals surface area contributed by atoms with Crippen LogP contribution in [0.3, 0.4) is 0 Å². The molecule has 5 rings (SSSR count). The fourth-order valence-electron chi connectivity index (χ4n) is 4.76. The number of carbonyl (C=O) groups is 1. The summed E-state index contributed by atoms with van der Waals surface area (Å²) in [6.07, 6.45) is 0.380. The Morgan fingerprint density at radius 1 is 1.00 bits per heavy atom. The van der Waals surface area contributed by atoms with Crippen molar-refractivity contribution in [2.24, 2.45) is 0 Å². The van der Waals surface area contributed by atoms with Gasteiger partial charge in [-0.3, -0.25) is 4.90 Å². The van der Waals surface area contributed by atoms with Gasteiger partial charge in [-0.15, -0.1) is 0 Å². The van der Waals surface area contributed by atoms with Crippen molar-refractivity contribution in [3.05, 3.63) is 93.5 Å². The fourth-order valence-corrected chi connectivity index (χ4v) is 5.14. The van der Waals surface area contributed by atoms with E-state index in [0.29, 0.717) is 6.54 Å². The van der Waals surface area contributed by atoms with Crippen LogP contribution in [-0.4, -0.2) is 35.9 Å². The highest BCUT2D eigenvalue weighted by atomic mass is 79.9. The van der Waals surface area contributed by atoms with Crippen LogP contribution in [0.5, 0.6) is 0 Å². The maximum atomic E-state index is 13.0. The van der Waals surface area contributed by atoms with Crippen LogP contribution < -0.4 is 0 Å². The molecule has 2 aliphatic rings. The quantitative estimate of drug-likeness (QED) is 0.573. The standard InChI is InChI=1S/C25H22BrNO3/c26-17-10-9-16-11-12-27(24(14-28)22(16)13-17)25(29)30-15-23-20-7-3-1-5-18(20)19-6-2-4-8-21(19)23/h1-10,13,23-24,28H,11-12,14-15H2. The number of rotatable bonds is 3. The van der Waals surface area contributed by atoms with Gasteiger partial charge in [0.15, 0.2) is 0 Å². The number of nitrogens with zero attached hydrogens (tertiary/aromatic N) is 1. The molecule has 1 unspecified atom stereocenters. The highest BCUT2D eigenvalue weighted by Gasteiger charge is 2.34. The maximum Gasteiger partial charge on any atom is 0.410 e. The summed E-state index contributed by atoms with van der Waals surface area (Å²) in [6, 6.07) is 22.3. The first kappa shape index (κ1) is 19.3. The van der Waals surface area contributed by atoms with Crippen molar-refractivity contribution in [1.82, 2.24) is 4.90 Å². The molecule has 0 saturated carbocycles. The first-order valence-corrected chi connectivity index (χ1v) is 11.0. The van der Waals surface area contributed by atoms with Crippen LogP contribution in [0.2, 0.25) is 0 Å². The van der Waals surface area contributed by atoms with E-state index in [1.54, 1.807) is 4.90 Å². The summed E-state index contributed by atoms with van der Waals surface area (Å²) < 4.78 is 6.76. The summed E-state index contributed by atoms with van der Waals surface area (Å²) in [4.78, 5) is 14.7. The lowest BCUT2D eigenvalue weighted by molar-refractivity contribution is 0.0631. The molecule has 30 heavy (non-hydrogen) atoms. The second-order valence-corrected chi connectivity index (χ2v) is 8.70. The Labute approximate surface area is 184 Å². The smallest absolute Gasteiger partial charge is 0.410 e. The highest BCUT2D eigenvalue weighted by molar-refractivity contribution is 9.10. The molecule has 1 aliphatic heterocycles. The van der Waals surface area contributed by atoms with Gasteiger partial charge in [-0.25, -0.2) is 4.79 Å². The molecule has 0 radical (unpaired) electrons. The third-order valence-corrected chi connectivity index (χ3v) is 6.70. The van der Waals surface area contributed by atoms with Crippen LogP contribution in [0, 0.1) is 0 Å². The van der Waals surface area contributed by atoms with Gasteiger partial charge < -0.3 is 9.84 Å². The van der Waals surface area contributed by atoms with Crippen LogP contribution in [0.15, 0.2) is 71.2 Å². The van der Waals surface area contributed by atoms with Crippen LogP contribution in [0.1, 0.15) is 34.2 Å². The van der Waals surface area contributed by atoms with Gasteiger partial charge in [-0.2, -0.15) is 0 Å². The normalized spacial score (nSPS) is 17.3. The number of aliphatic hydroxyl groups excluding tert-OH is 1. The predicted octanol–water partition coefficient (Wildman–Crippen LogP) is 5.29. The number of hydrogen-bond donors (Lipinski definition) is 1. The molecule has 0 aromatic heterocycles. The highest BCUT2D eigenvalue weighted by Crippen LogP contribution is 2.44. The zero-order chi connectivity index (χ0) is 20.7. The molecule has 0 saturated heterocycles. The summed E-state index contributed by atoms with van der Waals surface area (Å²) >= 11 is 3.49. The molecule has 4 nitrogen and oxygen atoms in total. The first-order valence-electron chi connectivity index (χ1n) is 10.2. The fraction of sp³-hybridized carbons (Fsp3) is 0.240. The Morgan fingerprint density at radius 3 is 2.33 bits per heavy atom. The van der Waals surface area contributed by atoms with Gasteiger partial charge in [0.25, 0.3) is 0 Å². The van der Waals surface area contributed by atoms with Crippen molar-refractivity contribution in [3.8, 4) is 11.1 Å². The van der Waals surface area contributed by atoms with Crippen molar-refractivity contribution in [1.29, 1.82) is 0 Å². The van der Waals surface area contributed by atoms with Crippen molar-refractivity contribution < 1.29 is 14.6 Å². The minimum Gasteiger partial charge on any atom is -0.448 e. The average molecular weight is 464 g/mol. The van der Waals surface area contributed by atoms with Crippen LogP contribution in [0.4, 0.5) is 4.79 Å². The van der Waals surface area contributed by atoms with E-state index in [1.165, 1.54) is 27.8 Å². The molecule has 0 bridgehead atoms. The molecule has 1 heterocycles. The topological polar surface area (TPSA) is 49.8 Å². The van der Waals surface area contributed by atoms with E-state index >= 15 is 0 Å². The van der Waals surface area contributed by atoms with Gasteiger partial charge in [-0.1, -0.05) is 70.5 Å². The lowest BCUT2D eigenvalue weighted by atomic mass is 9.93. The van der Waals surface area contributed by atoms with E-state index in [9.17, 15) is 9.90 Å². The Balaban J connectivity index is 1.37. The summed E-state index contributed by atoms with van der Waals surface area (Å²) in [5.41, 5.74) is 6.95. The van der Waals surface area contributed by atoms with Gasteiger partial charge in [0.2, 0.25) is 0 Å². The minimum atomic E-state index is -0.387. The van der Waals surface area contributed by atoms with E-state index in [-0.39, 0.29) is 31.3 Å². The molecule has 1 N–H and O–H groups in total. The molecule has 0 spiro atoms. The average Bonchev–Trinajstić information content (AvgIpc) is 3.10. The molecular weight excluding hydrogens is 442 g/mol. The Morgan fingerprint density at radius 2 is 1.67 bits per heavy atom. The molecule has 0 fully saturated rings. The molecule has 1 amide bonds. The van der Waals surface area contributed by atoms with Crippen molar-refractivity contribution in [2.45, 2.75) is 18.4 Å². The molecule has 3 aromatic rings. The third kappa shape index (κ3) is 3.22. The third-order valence-electron chi connectivity index (χ3n) is 6.21. The largest absolute Gasteiger partial charge is 0.448 e. The van der Waals surface area contributed by atoms with E-state index in [2.05, 4.69) is 46.3 Å². The molecule has 3 aromatic carbocycles. The lowest BCUT2D eigenvalue weighted by Crippen LogP contribution is -2.42. The van der Waals surface area contributed by atoms with Gasteiger partial charge in [-0.05, 0) is 51.9 Å². The molecule has 1 aliphatic carbocycles. The van der Waals surface area contributed by atoms with Gasteiger partial charge in [0.1, 0.15) is 6.61 Å². The van der Waals surface area contributed by atoms with Gasteiger partial charge in [0.05, 0.1) is 12.6 Å². The summed E-state index contributed by atoms with van der Waals surface area (Å²) in [5, 5.41) is 10.0. The van der Waals surface area contributed by atoms with Crippen LogP contribution >= 0.6 is 15.9 Å². The number of carbonyl (C=O) groups excluding carboxylic acids is 1. The summed E-state index contributed by atoms with van der Waals surface area (Å²) in [6.45, 7) is 0.691.